The minimum absolute atomic E-state index is 0.498. The van der Waals surface area contributed by atoms with E-state index in [9.17, 15) is 0 Å². The Kier molecular flexibility index (Phi) is 12.4. The van der Waals surface area contributed by atoms with Crippen LogP contribution in [0.2, 0.25) is 0 Å². The summed E-state index contributed by atoms with van der Waals surface area (Å²) in [5, 5.41) is 0. The number of terminal acetylenes is 1. The lowest BCUT2D eigenvalue weighted by molar-refractivity contribution is 0.126. The normalized spacial score (nSPS) is 28.3. The van der Waals surface area contributed by atoms with Crippen molar-refractivity contribution in [1.82, 2.24) is 0 Å². The average molecular weight is 441 g/mol. The van der Waals surface area contributed by atoms with E-state index in [1.807, 2.05) is 0 Å². The van der Waals surface area contributed by atoms with E-state index in [1.54, 1.807) is 11.1 Å². The maximum atomic E-state index is 4.00. The standard InChI is InChI=1S/C30H54.C2H2/c1-9-13-25(22-24(4)23(2)3)16-17-26-14-12-21-30(8)27(18-19-28(26)30)15-10-11-20-29(5,6)7;1-2/h16-17,23-24,27-28H,9-15,18-22H2,1-8H3;1-2H/b25-16-,26-17+;/t24-,27?,28?,30?;/m1./s1. The molecule has 0 amide bonds. The van der Waals surface area contributed by atoms with E-state index in [0.29, 0.717) is 10.8 Å². The van der Waals surface area contributed by atoms with E-state index >= 15 is 0 Å². The fourth-order valence-corrected chi connectivity index (χ4v) is 6.32. The zero-order valence-corrected chi connectivity index (χ0v) is 23.1. The van der Waals surface area contributed by atoms with Gasteiger partial charge in [-0.2, -0.15) is 0 Å². The summed E-state index contributed by atoms with van der Waals surface area (Å²) in [6.07, 6.45) is 29.9. The second kappa shape index (κ2) is 13.7. The lowest BCUT2D eigenvalue weighted by Gasteiger charge is -2.42. The molecule has 2 rings (SSSR count). The Bertz CT molecular complexity index is 608. The van der Waals surface area contributed by atoms with Crippen molar-refractivity contribution in [3.8, 4) is 12.8 Å². The molecule has 3 unspecified atom stereocenters. The van der Waals surface area contributed by atoms with Crippen LogP contribution in [0.4, 0.5) is 0 Å². The Morgan fingerprint density at radius 1 is 1.12 bits per heavy atom. The van der Waals surface area contributed by atoms with Gasteiger partial charge in [0.25, 0.3) is 0 Å². The van der Waals surface area contributed by atoms with Crippen LogP contribution in [0.1, 0.15) is 132 Å². The SMILES string of the molecule is C#C.CCC/C(=C/C=C1\CCCC2(C)C(CCCCC(C)(C)C)CCC12)C[C@@H](C)C(C)C. The number of rotatable bonds is 10. The molecular formula is C32H56. The predicted molar refractivity (Wildman–Crippen MR) is 146 cm³/mol. The molecule has 0 heteroatoms. The van der Waals surface area contributed by atoms with Crippen molar-refractivity contribution in [2.75, 3.05) is 0 Å². The molecule has 0 nitrogen and oxygen atoms in total. The highest BCUT2D eigenvalue weighted by Crippen LogP contribution is 2.58. The topological polar surface area (TPSA) is 0 Å². The number of unbranched alkanes of at least 4 members (excludes halogenated alkanes) is 1. The first-order valence-corrected chi connectivity index (χ1v) is 13.8. The Balaban J connectivity index is 0.00000249. The van der Waals surface area contributed by atoms with Gasteiger partial charge < -0.3 is 0 Å². The Morgan fingerprint density at radius 2 is 1.81 bits per heavy atom. The first-order chi connectivity index (χ1) is 15.1. The summed E-state index contributed by atoms with van der Waals surface area (Å²) in [6.45, 7) is 19.3. The van der Waals surface area contributed by atoms with E-state index in [2.05, 4.69) is 80.4 Å². The zero-order chi connectivity index (χ0) is 24.4. The zero-order valence-electron chi connectivity index (χ0n) is 23.1. The fraction of sp³-hybridized carbons (Fsp3) is 0.812. The highest BCUT2D eigenvalue weighted by atomic mass is 14.5. The van der Waals surface area contributed by atoms with Crippen LogP contribution in [0.3, 0.4) is 0 Å². The second-order valence-electron chi connectivity index (χ2n) is 12.7. The third-order valence-electron chi connectivity index (χ3n) is 8.72. The molecule has 0 spiro atoms. The molecule has 0 heterocycles. The van der Waals surface area contributed by atoms with Gasteiger partial charge in [-0.05, 0) is 92.3 Å². The molecule has 2 saturated carbocycles. The van der Waals surface area contributed by atoms with Crippen LogP contribution in [-0.2, 0) is 0 Å². The monoisotopic (exact) mass is 440 g/mol. The van der Waals surface area contributed by atoms with Crippen LogP contribution in [0.25, 0.3) is 0 Å². The molecule has 0 aromatic heterocycles. The molecule has 0 radical (unpaired) electrons. The van der Waals surface area contributed by atoms with E-state index in [4.69, 9.17) is 0 Å². The van der Waals surface area contributed by atoms with E-state index in [0.717, 1.165) is 23.7 Å². The van der Waals surface area contributed by atoms with Gasteiger partial charge in [-0.1, -0.05) is 98.0 Å². The number of allylic oxidation sites excluding steroid dienone is 4. The van der Waals surface area contributed by atoms with Crippen LogP contribution in [0, 0.1) is 47.3 Å². The molecule has 0 bridgehead atoms. The van der Waals surface area contributed by atoms with Gasteiger partial charge in [0.2, 0.25) is 0 Å². The van der Waals surface area contributed by atoms with Gasteiger partial charge in [-0.15, -0.1) is 12.8 Å². The molecule has 0 aromatic carbocycles. The van der Waals surface area contributed by atoms with Crippen LogP contribution in [0.5, 0.6) is 0 Å². The second-order valence-corrected chi connectivity index (χ2v) is 12.7. The maximum Gasteiger partial charge on any atom is -0.0143 e. The van der Waals surface area contributed by atoms with Crippen molar-refractivity contribution < 1.29 is 0 Å². The number of fused-ring (bicyclic) bond motifs is 1. The molecule has 0 aliphatic heterocycles. The van der Waals surface area contributed by atoms with Gasteiger partial charge in [0, 0.05) is 0 Å². The fourth-order valence-electron chi connectivity index (χ4n) is 6.32. The van der Waals surface area contributed by atoms with Crippen molar-refractivity contribution in [1.29, 1.82) is 0 Å². The lowest BCUT2D eigenvalue weighted by atomic mass is 9.62. The molecule has 2 aliphatic rings. The minimum Gasteiger partial charge on any atom is -0.124 e. The number of hydrogen-bond donors (Lipinski definition) is 0. The quantitative estimate of drug-likeness (QED) is 0.234. The summed E-state index contributed by atoms with van der Waals surface area (Å²) in [5.41, 5.74) is 4.57. The van der Waals surface area contributed by atoms with Crippen molar-refractivity contribution in [2.24, 2.45) is 34.5 Å². The third kappa shape index (κ3) is 8.76. The average Bonchev–Trinajstić information content (AvgIpc) is 3.07. The third-order valence-corrected chi connectivity index (χ3v) is 8.72. The molecule has 4 atom stereocenters. The molecule has 32 heavy (non-hydrogen) atoms. The lowest BCUT2D eigenvalue weighted by Crippen LogP contribution is -2.33. The van der Waals surface area contributed by atoms with E-state index in [-0.39, 0.29) is 0 Å². The van der Waals surface area contributed by atoms with Crippen molar-refractivity contribution >= 4 is 0 Å². The predicted octanol–water partition coefficient (Wildman–Crippen LogP) is 10.4. The Morgan fingerprint density at radius 3 is 2.41 bits per heavy atom. The first kappa shape index (κ1) is 29.1. The summed E-state index contributed by atoms with van der Waals surface area (Å²) in [5.74, 6) is 3.40. The summed E-state index contributed by atoms with van der Waals surface area (Å²) in [4.78, 5) is 0. The minimum atomic E-state index is 0.498. The maximum absolute atomic E-state index is 4.00. The highest BCUT2D eigenvalue weighted by molar-refractivity contribution is 5.25. The molecule has 0 N–H and O–H groups in total. The Hall–Kier alpha value is -0.960. The molecule has 0 aromatic rings. The van der Waals surface area contributed by atoms with Crippen molar-refractivity contribution in [3.05, 3.63) is 23.3 Å². The molecular weight excluding hydrogens is 384 g/mol. The summed E-state index contributed by atoms with van der Waals surface area (Å²) >= 11 is 0. The van der Waals surface area contributed by atoms with Gasteiger partial charge >= 0.3 is 0 Å². The van der Waals surface area contributed by atoms with Crippen molar-refractivity contribution in [2.45, 2.75) is 132 Å². The summed E-state index contributed by atoms with van der Waals surface area (Å²) in [7, 11) is 0. The molecule has 184 valence electrons. The number of hydrogen-bond acceptors (Lipinski definition) is 0. The highest BCUT2D eigenvalue weighted by Gasteiger charge is 2.48. The molecule has 0 saturated heterocycles. The largest absolute Gasteiger partial charge is 0.124 e. The smallest absolute Gasteiger partial charge is 0.0143 e. The van der Waals surface area contributed by atoms with E-state index < -0.39 is 0 Å². The summed E-state index contributed by atoms with van der Waals surface area (Å²) < 4.78 is 0. The van der Waals surface area contributed by atoms with Crippen LogP contribution in [-0.4, -0.2) is 0 Å². The van der Waals surface area contributed by atoms with Crippen molar-refractivity contribution in [3.63, 3.8) is 0 Å². The van der Waals surface area contributed by atoms with Gasteiger partial charge in [-0.25, -0.2) is 0 Å². The summed E-state index contributed by atoms with van der Waals surface area (Å²) in [6, 6.07) is 0. The molecule has 2 fully saturated rings. The molecule has 2 aliphatic carbocycles. The van der Waals surface area contributed by atoms with Gasteiger partial charge in [-0.3, -0.25) is 0 Å². The first-order valence-electron chi connectivity index (χ1n) is 13.8. The van der Waals surface area contributed by atoms with Crippen LogP contribution >= 0.6 is 0 Å². The van der Waals surface area contributed by atoms with Crippen LogP contribution in [0.15, 0.2) is 23.3 Å². The van der Waals surface area contributed by atoms with E-state index in [1.165, 1.54) is 77.0 Å². The Labute approximate surface area is 203 Å². The van der Waals surface area contributed by atoms with Gasteiger partial charge in [0.15, 0.2) is 0 Å². The van der Waals surface area contributed by atoms with Gasteiger partial charge in [0.05, 0.1) is 0 Å². The van der Waals surface area contributed by atoms with Gasteiger partial charge in [0.1, 0.15) is 0 Å². The van der Waals surface area contributed by atoms with Crippen LogP contribution < -0.4 is 0 Å².